The molecule has 0 saturated heterocycles. The second kappa shape index (κ2) is 8.46. The molecule has 0 bridgehead atoms. The fraction of sp³-hybridized carbons (Fsp3) is 0.421. The van der Waals surface area contributed by atoms with E-state index < -0.39 is 5.97 Å². The highest BCUT2D eigenvalue weighted by atomic mass is 16.4. The average Bonchev–Trinajstić information content (AvgIpc) is 2.91. The fourth-order valence-electron chi connectivity index (χ4n) is 2.68. The second-order valence-corrected chi connectivity index (χ2v) is 6.58. The molecule has 6 nitrogen and oxygen atoms in total. The lowest BCUT2D eigenvalue weighted by Crippen LogP contribution is -2.37. The van der Waals surface area contributed by atoms with Crippen LogP contribution in [0.25, 0.3) is 0 Å². The molecule has 134 valence electrons. The summed E-state index contributed by atoms with van der Waals surface area (Å²) in [6.45, 7) is 6.77. The Balaban J connectivity index is 2.15. The number of rotatable bonds is 8. The van der Waals surface area contributed by atoms with Gasteiger partial charge in [-0.15, -0.1) is 0 Å². The zero-order valence-corrected chi connectivity index (χ0v) is 15.0. The molecular weight excluding hydrogens is 318 g/mol. The van der Waals surface area contributed by atoms with Gasteiger partial charge in [-0.05, 0) is 24.8 Å². The third-order valence-corrected chi connectivity index (χ3v) is 4.00. The van der Waals surface area contributed by atoms with Crippen LogP contribution in [0.4, 0.5) is 0 Å². The molecule has 0 aliphatic carbocycles. The normalized spacial score (nSPS) is 10.9. The van der Waals surface area contributed by atoms with Crippen molar-refractivity contribution in [3.05, 3.63) is 53.3 Å². The standard InChI is InChI=1S/C19H25N3O3/c1-14(2)12-22-15(3)17(11-20-22)19(25)21(13-18(23)24)10-9-16-7-5-4-6-8-16/h4-8,11,14H,9-10,12-13H2,1-3H3,(H,23,24). The number of amides is 1. The Morgan fingerprint density at radius 2 is 1.92 bits per heavy atom. The minimum atomic E-state index is -1.02. The summed E-state index contributed by atoms with van der Waals surface area (Å²) in [6, 6.07) is 9.72. The quantitative estimate of drug-likeness (QED) is 0.799. The van der Waals surface area contributed by atoms with Crippen LogP contribution < -0.4 is 0 Å². The lowest BCUT2D eigenvalue weighted by atomic mass is 10.1. The highest BCUT2D eigenvalue weighted by Crippen LogP contribution is 2.13. The number of hydrogen-bond donors (Lipinski definition) is 1. The summed E-state index contributed by atoms with van der Waals surface area (Å²) < 4.78 is 1.80. The predicted octanol–water partition coefficient (Wildman–Crippen LogP) is 2.62. The second-order valence-electron chi connectivity index (χ2n) is 6.58. The Morgan fingerprint density at radius 3 is 2.52 bits per heavy atom. The summed E-state index contributed by atoms with van der Waals surface area (Å²) in [5.74, 6) is -0.894. The maximum Gasteiger partial charge on any atom is 0.323 e. The fourth-order valence-corrected chi connectivity index (χ4v) is 2.68. The number of benzene rings is 1. The van der Waals surface area contributed by atoms with E-state index in [9.17, 15) is 9.59 Å². The molecule has 0 spiro atoms. The van der Waals surface area contributed by atoms with E-state index >= 15 is 0 Å². The first-order valence-corrected chi connectivity index (χ1v) is 8.46. The smallest absolute Gasteiger partial charge is 0.323 e. The van der Waals surface area contributed by atoms with Crippen LogP contribution in [0.3, 0.4) is 0 Å². The van der Waals surface area contributed by atoms with Crippen molar-refractivity contribution >= 4 is 11.9 Å². The summed E-state index contributed by atoms with van der Waals surface area (Å²) in [6.07, 6.45) is 2.15. The number of carbonyl (C=O) groups excluding carboxylic acids is 1. The van der Waals surface area contributed by atoms with Crippen molar-refractivity contribution in [1.82, 2.24) is 14.7 Å². The van der Waals surface area contributed by atoms with Crippen LogP contribution in [0.5, 0.6) is 0 Å². The van der Waals surface area contributed by atoms with Crippen LogP contribution in [0.1, 0.15) is 35.5 Å². The van der Waals surface area contributed by atoms with E-state index in [2.05, 4.69) is 18.9 Å². The van der Waals surface area contributed by atoms with Crippen LogP contribution in [0.15, 0.2) is 36.5 Å². The summed E-state index contributed by atoms with van der Waals surface area (Å²) >= 11 is 0. The Hall–Kier alpha value is -2.63. The molecular formula is C19H25N3O3. The molecule has 1 N–H and O–H groups in total. The first-order valence-electron chi connectivity index (χ1n) is 8.46. The van der Waals surface area contributed by atoms with Gasteiger partial charge in [0, 0.05) is 18.8 Å². The van der Waals surface area contributed by atoms with Gasteiger partial charge in [0.1, 0.15) is 6.54 Å². The van der Waals surface area contributed by atoms with Crippen molar-refractivity contribution in [2.24, 2.45) is 5.92 Å². The molecule has 1 aromatic heterocycles. The Kier molecular flexibility index (Phi) is 6.33. The van der Waals surface area contributed by atoms with Crippen molar-refractivity contribution < 1.29 is 14.7 Å². The average molecular weight is 343 g/mol. The van der Waals surface area contributed by atoms with Gasteiger partial charge < -0.3 is 10.0 Å². The van der Waals surface area contributed by atoms with Gasteiger partial charge in [0.15, 0.2) is 0 Å². The molecule has 0 fully saturated rings. The number of carboxylic acids is 1. The molecule has 0 aliphatic heterocycles. The van der Waals surface area contributed by atoms with Gasteiger partial charge in [0.2, 0.25) is 0 Å². The first-order chi connectivity index (χ1) is 11.9. The van der Waals surface area contributed by atoms with Crippen LogP contribution in [-0.2, 0) is 17.8 Å². The molecule has 25 heavy (non-hydrogen) atoms. The molecule has 0 saturated carbocycles. The van der Waals surface area contributed by atoms with Gasteiger partial charge in [-0.3, -0.25) is 14.3 Å². The predicted molar refractivity (Wildman–Crippen MR) is 95.5 cm³/mol. The van der Waals surface area contributed by atoms with Crippen molar-refractivity contribution in [1.29, 1.82) is 0 Å². The summed E-state index contributed by atoms with van der Waals surface area (Å²) in [4.78, 5) is 25.4. The zero-order valence-electron chi connectivity index (χ0n) is 15.0. The van der Waals surface area contributed by atoms with Gasteiger partial charge in [0.25, 0.3) is 5.91 Å². The van der Waals surface area contributed by atoms with Crippen molar-refractivity contribution in [2.45, 2.75) is 33.7 Å². The van der Waals surface area contributed by atoms with Crippen LogP contribution in [-0.4, -0.2) is 44.8 Å². The first kappa shape index (κ1) is 18.7. The summed E-state index contributed by atoms with van der Waals surface area (Å²) in [5.41, 5.74) is 2.31. The van der Waals surface area contributed by atoms with E-state index in [0.717, 1.165) is 17.8 Å². The maximum atomic E-state index is 12.8. The largest absolute Gasteiger partial charge is 0.480 e. The van der Waals surface area contributed by atoms with Gasteiger partial charge >= 0.3 is 5.97 Å². The number of aliphatic carboxylic acids is 1. The summed E-state index contributed by atoms with van der Waals surface area (Å²) in [5, 5.41) is 13.4. The molecule has 6 heteroatoms. The molecule has 0 atom stereocenters. The third kappa shape index (κ3) is 5.17. The molecule has 1 amide bonds. The van der Waals surface area contributed by atoms with Gasteiger partial charge in [-0.1, -0.05) is 44.2 Å². The molecule has 0 aliphatic rings. The molecule has 0 radical (unpaired) electrons. The number of carboxylic acid groups (broad SMARTS) is 1. The van der Waals surface area contributed by atoms with Crippen LogP contribution in [0, 0.1) is 12.8 Å². The SMILES string of the molecule is Cc1c(C(=O)N(CCc2ccccc2)CC(=O)O)cnn1CC(C)C. The third-order valence-electron chi connectivity index (χ3n) is 4.00. The van der Waals surface area contributed by atoms with Crippen molar-refractivity contribution in [3.63, 3.8) is 0 Å². The molecule has 2 rings (SSSR count). The summed E-state index contributed by atoms with van der Waals surface area (Å²) in [7, 11) is 0. The topological polar surface area (TPSA) is 75.4 Å². The molecule has 1 aromatic carbocycles. The van der Waals surface area contributed by atoms with Gasteiger partial charge in [-0.25, -0.2) is 0 Å². The van der Waals surface area contributed by atoms with E-state index in [0.29, 0.717) is 24.4 Å². The number of aromatic nitrogens is 2. The number of carbonyl (C=O) groups is 2. The highest BCUT2D eigenvalue weighted by Gasteiger charge is 2.22. The van der Waals surface area contributed by atoms with E-state index in [1.807, 2.05) is 37.3 Å². The monoisotopic (exact) mass is 343 g/mol. The van der Waals surface area contributed by atoms with Crippen molar-refractivity contribution in [3.8, 4) is 0 Å². The van der Waals surface area contributed by atoms with E-state index in [-0.39, 0.29) is 12.5 Å². The Morgan fingerprint density at radius 1 is 1.24 bits per heavy atom. The Bertz CT molecular complexity index is 723. The lowest BCUT2D eigenvalue weighted by Gasteiger charge is -2.20. The molecule has 0 unspecified atom stereocenters. The highest BCUT2D eigenvalue weighted by molar-refractivity contribution is 5.96. The van der Waals surface area contributed by atoms with Crippen molar-refractivity contribution in [2.75, 3.05) is 13.1 Å². The van der Waals surface area contributed by atoms with Crippen LogP contribution >= 0.6 is 0 Å². The van der Waals surface area contributed by atoms with Gasteiger partial charge in [-0.2, -0.15) is 5.10 Å². The number of hydrogen-bond acceptors (Lipinski definition) is 3. The van der Waals surface area contributed by atoms with Crippen LogP contribution in [0.2, 0.25) is 0 Å². The Labute approximate surface area is 148 Å². The molecule has 2 aromatic rings. The van der Waals surface area contributed by atoms with Gasteiger partial charge in [0.05, 0.1) is 11.8 Å². The van der Waals surface area contributed by atoms with E-state index in [1.54, 1.807) is 4.68 Å². The molecule has 1 heterocycles. The zero-order chi connectivity index (χ0) is 18.4. The lowest BCUT2D eigenvalue weighted by molar-refractivity contribution is -0.137. The minimum absolute atomic E-state index is 0.286. The maximum absolute atomic E-state index is 12.8. The number of nitrogens with zero attached hydrogens (tertiary/aromatic N) is 3. The minimum Gasteiger partial charge on any atom is -0.480 e. The van der Waals surface area contributed by atoms with E-state index in [4.69, 9.17) is 5.11 Å². The van der Waals surface area contributed by atoms with E-state index in [1.165, 1.54) is 11.1 Å².